The lowest BCUT2D eigenvalue weighted by molar-refractivity contribution is 0.318. The summed E-state index contributed by atoms with van der Waals surface area (Å²) in [5.74, 6) is -0.268. The van der Waals surface area contributed by atoms with E-state index >= 15 is 0 Å². The zero-order valence-electron chi connectivity index (χ0n) is 9.35. The quantitative estimate of drug-likeness (QED) is 0.827. The molecule has 0 spiro atoms. The van der Waals surface area contributed by atoms with Crippen LogP contribution in [0.15, 0.2) is 18.2 Å². The molecule has 0 heterocycles. The summed E-state index contributed by atoms with van der Waals surface area (Å²) in [4.78, 5) is 0. The molecule has 0 amide bonds. The first-order valence-corrected chi connectivity index (χ1v) is 5.38. The molecule has 1 nitrogen and oxygen atoms in total. The van der Waals surface area contributed by atoms with Crippen molar-refractivity contribution in [3.8, 4) is 0 Å². The predicted octanol–water partition coefficient (Wildman–Crippen LogP) is 3.40. The van der Waals surface area contributed by atoms with Gasteiger partial charge in [-0.3, -0.25) is 0 Å². The van der Waals surface area contributed by atoms with E-state index in [0.717, 1.165) is 5.56 Å². The first-order valence-electron chi connectivity index (χ1n) is 5.00. The van der Waals surface area contributed by atoms with Crippen molar-refractivity contribution in [1.82, 2.24) is 0 Å². The summed E-state index contributed by atoms with van der Waals surface area (Å²) >= 11 is 5.97. The van der Waals surface area contributed by atoms with Crippen LogP contribution in [-0.4, -0.2) is 6.04 Å². The van der Waals surface area contributed by atoms with E-state index in [4.69, 9.17) is 17.3 Å². The average molecular weight is 230 g/mol. The smallest absolute Gasteiger partial charge is 0.123 e. The molecular formula is C12H17ClFN. The van der Waals surface area contributed by atoms with Gasteiger partial charge in [-0.15, -0.1) is 0 Å². The molecule has 84 valence electrons. The fraction of sp³-hybridized carbons (Fsp3) is 0.500. The average Bonchev–Trinajstić information content (AvgIpc) is 2.09. The van der Waals surface area contributed by atoms with Crippen molar-refractivity contribution in [3.05, 3.63) is 34.6 Å². The lowest BCUT2D eigenvalue weighted by atomic mass is 9.84. The van der Waals surface area contributed by atoms with Crippen molar-refractivity contribution in [2.75, 3.05) is 0 Å². The second kappa shape index (κ2) is 4.50. The molecular weight excluding hydrogens is 213 g/mol. The lowest BCUT2D eigenvalue weighted by Gasteiger charge is -2.27. The minimum atomic E-state index is -0.268. The Morgan fingerprint density at radius 3 is 2.53 bits per heavy atom. The standard InChI is InChI=1S/C12H17ClFN/c1-12(2,3)11(15)7-8-6-9(14)4-5-10(8)13/h4-6,11H,7,15H2,1-3H3. The van der Waals surface area contributed by atoms with Crippen molar-refractivity contribution in [2.24, 2.45) is 11.1 Å². The van der Waals surface area contributed by atoms with Crippen molar-refractivity contribution in [1.29, 1.82) is 0 Å². The third kappa shape index (κ3) is 3.47. The summed E-state index contributed by atoms with van der Waals surface area (Å²) in [5.41, 5.74) is 6.79. The maximum absolute atomic E-state index is 13.0. The first-order chi connectivity index (χ1) is 6.80. The van der Waals surface area contributed by atoms with Crippen molar-refractivity contribution >= 4 is 11.6 Å². The Morgan fingerprint density at radius 1 is 1.40 bits per heavy atom. The SMILES string of the molecule is CC(C)(C)C(N)Cc1cc(F)ccc1Cl. The highest BCUT2D eigenvalue weighted by Gasteiger charge is 2.21. The summed E-state index contributed by atoms with van der Waals surface area (Å²) < 4.78 is 13.0. The van der Waals surface area contributed by atoms with E-state index in [-0.39, 0.29) is 17.3 Å². The van der Waals surface area contributed by atoms with Gasteiger partial charge in [-0.25, -0.2) is 4.39 Å². The molecule has 15 heavy (non-hydrogen) atoms. The number of hydrogen-bond acceptors (Lipinski definition) is 1. The Labute approximate surface area is 95.4 Å². The van der Waals surface area contributed by atoms with Gasteiger partial charge < -0.3 is 5.73 Å². The Morgan fingerprint density at radius 2 is 2.00 bits per heavy atom. The van der Waals surface area contributed by atoms with Crippen LogP contribution in [0.4, 0.5) is 4.39 Å². The van der Waals surface area contributed by atoms with Gasteiger partial charge in [0, 0.05) is 11.1 Å². The highest BCUT2D eigenvalue weighted by atomic mass is 35.5. The number of benzene rings is 1. The van der Waals surface area contributed by atoms with Crippen LogP contribution < -0.4 is 5.73 Å². The monoisotopic (exact) mass is 229 g/mol. The highest BCUT2D eigenvalue weighted by molar-refractivity contribution is 6.31. The van der Waals surface area contributed by atoms with Gasteiger partial charge in [0.1, 0.15) is 5.82 Å². The number of hydrogen-bond donors (Lipinski definition) is 1. The molecule has 1 atom stereocenters. The van der Waals surface area contributed by atoms with Crippen molar-refractivity contribution < 1.29 is 4.39 Å². The molecule has 1 aromatic carbocycles. The van der Waals surface area contributed by atoms with E-state index < -0.39 is 0 Å². The van der Waals surface area contributed by atoms with E-state index in [9.17, 15) is 4.39 Å². The van der Waals surface area contributed by atoms with Crippen LogP contribution in [0.2, 0.25) is 5.02 Å². The molecule has 0 bridgehead atoms. The summed E-state index contributed by atoms with van der Waals surface area (Å²) in [6.07, 6.45) is 0.597. The molecule has 2 N–H and O–H groups in total. The molecule has 0 aliphatic heterocycles. The molecule has 0 fully saturated rings. The van der Waals surface area contributed by atoms with Crippen LogP contribution in [0, 0.1) is 11.2 Å². The largest absolute Gasteiger partial charge is 0.327 e. The minimum Gasteiger partial charge on any atom is -0.327 e. The Balaban J connectivity index is 2.85. The van der Waals surface area contributed by atoms with E-state index in [2.05, 4.69) is 20.8 Å². The topological polar surface area (TPSA) is 26.0 Å². The molecule has 1 unspecified atom stereocenters. The van der Waals surface area contributed by atoms with Gasteiger partial charge in [-0.2, -0.15) is 0 Å². The predicted molar refractivity (Wildman–Crippen MR) is 62.5 cm³/mol. The van der Waals surface area contributed by atoms with Gasteiger partial charge in [-0.05, 0) is 35.6 Å². The third-order valence-corrected chi connectivity index (χ3v) is 2.93. The molecule has 0 aliphatic carbocycles. The van der Waals surface area contributed by atoms with Gasteiger partial charge in [0.05, 0.1) is 0 Å². The van der Waals surface area contributed by atoms with Crippen LogP contribution in [0.25, 0.3) is 0 Å². The number of halogens is 2. The lowest BCUT2D eigenvalue weighted by Crippen LogP contribution is -2.36. The summed E-state index contributed by atoms with van der Waals surface area (Å²) in [5, 5.41) is 0.580. The maximum Gasteiger partial charge on any atom is 0.123 e. The van der Waals surface area contributed by atoms with E-state index in [1.165, 1.54) is 12.1 Å². The molecule has 0 saturated heterocycles. The molecule has 0 saturated carbocycles. The van der Waals surface area contributed by atoms with Crippen LogP contribution in [0.1, 0.15) is 26.3 Å². The van der Waals surface area contributed by atoms with Crippen LogP contribution in [0.3, 0.4) is 0 Å². The summed E-state index contributed by atoms with van der Waals surface area (Å²) in [6, 6.07) is 4.35. The molecule has 3 heteroatoms. The van der Waals surface area contributed by atoms with Crippen molar-refractivity contribution in [2.45, 2.75) is 33.2 Å². The van der Waals surface area contributed by atoms with E-state index in [1.54, 1.807) is 6.07 Å². The molecule has 0 aliphatic rings. The maximum atomic E-state index is 13.0. The van der Waals surface area contributed by atoms with Crippen LogP contribution >= 0.6 is 11.6 Å². The Hall–Kier alpha value is -0.600. The van der Waals surface area contributed by atoms with E-state index in [1.807, 2.05) is 0 Å². The fourth-order valence-corrected chi connectivity index (χ4v) is 1.44. The number of rotatable bonds is 2. The Kier molecular flexibility index (Phi) is 3.74. The van der Waals surface area contributed by atoms with Gasteiger partial charge in [0.15, 0.2) is 0 Å². The zero-order chi connectivity index (χ0) is 11.6. The summed E-state index contributed by atoms with van der Waals surface area (Å²) in [7, 11) is 0. The second-order valence-electron chi connectivity index (χ2n) is 4.91. The third-order valence-electron chi connectivity index (χ3n) is 2.56. The molecule has 0 radical (unpaired) electrons. The van der Waals surface area contributed by atoms with Crippen molar-refractivity contribution in [3.63, 3.8) is 0 Å². The molecule has 0 aromatic heterocycles. The highest BCUT2D eigenvalue weighted by Crippen LogP contribution is 2.24. The van der Waals surface area contributed by atoms with E-state index in [0.29, 0.717) is 11.4 Å². The Bertz CT molecular complexity index is 344. The van der Waals surface area contributed by atoms with Gasteiger partial charge >= 0.3 is 0 Å². The fourth-order valence-electron chi connectivity index (χ4n) is 1.24. The first kappa shape index (κ1) is 12.5. The molecule has 1 rings (SSSR count). The van der Waals surface area contributed by atoms with Gasteiger partial charge in [0.25, 0.3) is 0 Å². The van der Waals surface area contributed by atoms with Crippen LogP contribution in [-0.2, 0) is 6.42 Å². The number of nitrogens with two attached hydrogens (primary N) is 1. The zero-order valence-corrected chi connectivity index (χ0v) is 10.1. The van der Waals surface area contributed by atoms with Gasteiger partial charge in [0.2, 0.25) is 0 Å². The summed E-state index contributed by atoms with van der Waals surface area (Å²) in [6.45, 7) is 6.18. The normalized spacial score (nSPS) is 14.0. The van der Waals surface area contributed by atoms with Crippen LogP contribution in [0.5, 0.6) is 0 Å². The molecule has 1 aromatic rings. The van der Waals surface area contributed by atoms with Gasteiger partial charge in [-0.1, -0.05) is 32.4 Å². The minimum absolute atomic E-state index is 0.00432. The second-order valence-corrected chi connectivity index (χ2v) is 5.32.